The van der Waals surface area contributed by atoms with Gasteiger partial charge in [0.2, 0.25) is 0 Å². The Labute approximate surface area is 196 Å². The van der Waals surface area contributed by atoms with Crippen LogP contribution in [0.15, 0.2) is 64.8 Å². The highest BCUT2D eigenvalue weighted by molar-refractivity contribution is 8.11. The molecule has 0 bridgehead atoms. The average molecular weight is 454 g/mol. The number of thioether (sulfide) groups is 1. The molecule has 32 heavy (non-hydrogen) atoms. The smallest absolute Gasteiger partial charge is 0.127 e. The Kier molecular flexibility index (Phi) is 9.12. The molecule has 1 fully saturated rings. The molecule has 1 N–H and O–H groups in total. The number of phenols is 1. The summed E-state index contributed by atoms with van der Waals surface area (Å²) in [6.45, 7) is 12.4. The van der Waals surface area contributed by atoms with Crippen molar-refractivity contribution in [2.24, 2.45) is 0 Å². The first-order valence-corrected chi connectivity index (χ1v) is 12.2. The molecule has 2 aromatic rings. The number of hydrogen-bond acceptors (Lipinski definition) is 5. The lowest BCUT2D eigenvalue weighted by Gasteiger charge is -2.26. The summed E-state index contributed by atoms with van der Waals surface area (Å²) in [4.78, 5) is 4.74. The van der Waals surface area contributed by atoms with Crippen LogP contribution in [-0.2, 0) is 0 Å². The van der Waals surface area contributed by atoms with Gasteiger partial charge in [-0.3, -0.25) is 4.90 Å². The first-order valence-electron chi connectivity index (χ1n) is 11.4. The van der Waals surface area contributed by atoms with Gasteiger partial charge in [0, 0.05) is 6.54 Å². The molecule has 0 radical (unpaired) electrons. The molecule has 0 unspecified atom stereocenters. The van der Waals surface area contributed by atoms with Crippen LogP contribution in [0.3, 0.4) is 0 Å². The van der Waals surface area contributed by atoms with Crippen molar-refractivity contribution in [2.75, 3.05) is 26.2 Å². The standard InChI is InChI=1S/C27H35NO3S/c1-20(2)22(4)32-27(23-8-10-24(29)11-9-23)21(3)31-26-14-12-25(13-15-26)30-19-18-28-16-6-5-7-17-28/h8-15,29H,5-7,16-19H2,1-4H3/b27-21+. The molecule has 0 aliphatic carbocycles. The third kappa shape index (κ3) is 7.35. The fourth-order valence-electron chi connectivity index (χ4n) is 3.50. The lowest BCUT2D eigenvalue weighted by atomic mass is 10.1. The predicted octanol–water partition coefficient (Wildman–Crippen LogP) is 7.07. The Morgan fingerprint density at radius 3 is 2.12 bits per heavy atom. The van der Waals surface area contributed by atoms with E-state index in [9.17, 15) is 5.11 Å². The second-order valence-corrected chi connectivity index (χ2v) is 9.64. The summed E-state index contributed by atoms with van der Waals surface area (Å²) < 4.78 is 12.1. The van der Waals surface area contributed by atoms with E-state index in [0.29, 0.717) is 6.61 Å². The molecule has 0 saturated carbocycles. The number of likely N-dealkylation sites (tertiary alicyclic amines) is 1. The Bertz CT molecular complexity index is 922. The van der Waals surface area contributed by atoms with Crippen LogP contribution in [0.25, 0.3) is 4.91 Å². The van der Waals surface area contributed by atoms with Gasteiger partial charge >= 0.3 is 0 Å². The highest BCUT2D eigenvalue weighted by Gasteiger charge is 2.12. The van der Waals surface area contributed by atoms with Crippen LogP contribution in [0.4, 0.5) is 0 Å². The van der Waals surface area contributed by atoms with Gasteiger partial charge in [0.25, 0.3) is 0 Å². The Balaban J connectivity index is 1.66. The van der Waals surface area contributed by atoms with E-state index in [1.165, 1.54) is 42.8 Å². The van der Waals surface area contributed by atoms with Crippen molar-refractivity contribution in [2.45, 2.75) is 47.0 Å². The van der Waals surface area contributed by atoms with E-state index < -0.39 is 0 Å². The maximum absolute atomic E-state index is 9.67. The van der Waals surface area contributed by atoms with Gasteiger partial charge in [0.1, 0.15) is 29.6 Å². The molecular weight excluding hydrogens is 418 g/mol. The van der Waals surface area contributed by atoms with Gasteiger partial charge in [-0.15, -0.1) is 0 Å². The number of nitrogens with zero attached hydrogens (tertiary/aromatic N) is 1. The lowest BCUT2D eigenvalue weighted by molar-refractivity contribution is 0.183. The quantitative estimate of drug-likeness (QED) is 0.411. The molecular formula is C27H35NO3S. The fraction of sp³-hybridized carbons (Fsp3) is 0.407. The summed E-state index contributed by atoms with van der Waals surface area (Å²) in [5.41, 5.74) is 2.29. The minimum absolute atomic E-state index is 0.256. The van der Waals surface area contributed by atoms with Crippen molar-refractivity contribution in [3.05, 3.63) is 70.3 Å². The molecule has 2 aromatic carbocycles. The number of rotatable bonds is 9. The molecule has 0 spiro atoms. The number of allylic oxidation sites excluding steroid dienone is 3. The molecule has 1 aliphatic heterocycles. The van der Waals surface area contributed by atoms with E-state index in [-0.39, 0.29) is 5.75 Å². The molecule has 172 valence electrons. The largest absolute Gasteiger partial charge is 0.508 e. The SMILES string of the molecule is CC(C)=C(C)S/C(=C(\C)Oc1ccc(OCCN2CCCCC2)cc1)c1ccc(O)cc1. The van der Waals surface area contributed by atoms with Gasteiger partial charge in [-0.05, 0) is 100 Å². The number of ether oxygens (including phenoxy) is 2. The van der Waals surface area contributed by atoms with E-state index in [2.05, 4.69) is 25.7 Å². The van der Waals surface area contributed by atoms with Crippen LogP contribution < -0.4 is 9.47 Å². The van der Waals surface area contributed by atoms with E-state index in [0.717, 1.165) is 34.3 Å². The van der Waals surface area contributed by atoms with Crippen LogP contribution in [0.5, 0.6) is 17.2 Å². The summed E-state index contributed by atoms with van der Waals surface area (Å²) in [7, 11) is 0. The maximum Gasteiger partial charge on any atom is 0.127 e. The van der Waals surface area contributed by atoms with Gasteiger partial charge in [0.15, 0.2) is 0 Å². The molecule has 0 atom stereocenters. The van der Waals surface area contributed by atoms with Gasteiger partial charge < -0.3 is 14.6 Å². The van der Waals surface area contributed by atoms with Crippen molar-refractivity contribution in [3.8, 4) is 17.2 Å². The summed E-state index contributed by atoms with van der Waals surface area (Å²) in [6, 6.07) is 15.1. The molecule has 0 amide bonds. The third-order valence-corrected chi connectivity index (χ3v) is 7.07. The highest BCUT2D eigenvalue weighted by atomic mass is 32.2. The van der Waals surface area contributed by atoms with Crippen LogP contribution in [0, 0.1) is 0 Å². The Morgan fingerprint density at radius 1 is 0.875 bits per heavy atom. The number of aromatic hydroxyl groups is 1. The van der Waals surface area contributed by atoms with Gasteiger partial charge in [-0.25, -0.2) is 0 Å². The zero-order valence-electron chi connectivity index (χ0n) is 19.7. The number of benzene rings is 2. The summed E-state index contributed by atoms with van der Waals surface area (Å²) >= 11 is 1.69. The van der Waals surface area contributed by atoms with Crippen LogP contribution in [0.2, 0.25) is 0 Å². The number of phenolic OH excluding ortho intramolecular Hbond substituents is 1. The predicted molar refractivity (Wildman–Crippen MR) is 135 cm³/mol. The Hall–Kier alpha value is -2.37. The monoisotopic (exact) mass is 453 g/mol. The van der Waals surface area contributed by atoms with E-state index >= 15 is 0 Å². The van der Waals surface area contributed by atoms with E-state index in [1.807, 2.05) is 43.3 Å². The highest BCUT2D eigenvalue weighted by Crippen LogP contribution is 2.38. The lowest BCUT2D eigenvalue weighted by Crippen LogP contribution is -2.33. The molecule has 5 heteroatoms. The maximum atomic E-state index is 9.67. The van der Waals surface area contributed by atoms with Crippen molar-refractivity contribution in [3.63, 3.8) is 0 Å². The topological polar surface area (TPSA) is 41.9 Å². The van der Waals surface area contributed by atoms with Crippen LogP contribution in [0.1, 0.15) is 52.5 Å². The molecule has 1 saturated heterocycles. The second kappa shape index (κ2) is 12.0. The van der Waals surface area contributed by atoms with Crippen molar-refractivity contribution < 1.29 is 14.6 Å². The van der Waals surface area contributed by atoms with E-state index in [1.54, 1.807) is 23.9 Å². The van der Waals surface area contributed by atoms with Gasteiger partial charge in [-0.1, -0.05) is 35.9 Å². The third-order valence-electron chi connectivity index (χ3n) is 5.63. The van der Waals surface area contributed by atoms with E-state index in [4.69, 9.17) is 9.47 Å². The molecule has 1 heterocycles. The molecule has 1 aliphatic rings. The van der Waals surface area contributed by atoms with Crippen molar-refractivity contribution in [1.82, 2.24) is 4.90 Å². The second-order valence-electron chi connectivity index (χ2n) is 8.41. The zero-order valence-corrected chi connectivity index (χ0v) is 20.5. The van der Waals surface area contributed by atoms with Gasteiger partial charge in [0.05, 0.1) is 4.91 Å². The molecule has 0 aromatic heterocycles. The van der Waals surface area contributed by atoms with Crippen molar-refractivity contribution in [1.29, 1.82) is 0 Å². The minimum Gasteiger partial charge on any atom is -0.508 e. The minimum atomic E-state index is 0.256. The summed E-state index contributed by atoms with van der Waals surface area (Å²) in [5, 5.41) is 9.67. The average Bonchev–Trinajstić information content (AvgIpc) is 2.80. The number of hydrogen-bond donors (Lipinski definition) is 1. The first kappa shape index (κ1) is 24.3. The Morgan fingerprint density at radius 2 is 1.50 bits per heavy atom. The normalized spacial score (nSPS) is 15.1. The number of piperidine rings is 1. The summed E-state index contributed by atoms with van der Waals surface area (Å²) in [5.74, 6) is 2.72. The molecule has 4 nitrogen and oxygen atoms in total. The molecule has 3 rings (SSSR count). The zero-order chi connectivity index (χ0) is 22.9. The van der Waals surface area contributed by atoms with Gasteiger partial charge in [-0.2, -0.15) is 0 Å². The summed E-state index contributed by atoms with van der Waals surface area (Å²) in [6.07, 6.45) is 3.96. The van der Waals surface area contributed by atoms with Crippen LogP contribution in [-0.4, -0.2) is 36.2 Å². The first-order chi connectivity index (χ1) is 15.4. The fourth-order valence-corrected chi connectivity index (χ4v) is 4.45. The van der Waals surface area contributed by atoms with Crippen LogP contribution >= 0.6 is 11.8 Å². The van der Waals surface area contributed by atoms with Crippen molar-refractivity contribution >= 4 is 16.7 Å².